The number of benzene rings is 1. The number of halogens is 1. The van der Waals surface area contributed by atoms with Gasteiger partial charge in [-0.2, -0.15) is 0 Å². The molecule has 2 N–H and O–H groups in total. The van der Waals surface area contributed by atoms with Crippen molar-refractivity contribution in [3.63, 3.8) is 0 Å². The van der Waals surface area contributed by atoms with Crippen LogP contribution in [0.5, 0.6) is 0 Å². The summed E-state index contributed by atoms with van der Waals surface area (Å²) in [6, 6.07) is 4.40. The minimum atomic E-state index is -3.87. The van der Waals surface area contributed by atoms with Crippen molar-refractivity contribution in [1.82, 2.24) is 10.0 Å². The molecular weight excluding hydrogens is 295 g/mol. The van der Waals surface area contributed by atoms with Gasteiger partial charge in [-0.25, -0.2) is 17.5 Å². The Bertz CT molecular complexity index is 561. The molecule has 120 valence electrons. The first-order chi connectivity index (χ1) is 9.76. The Kier molecular flexibility index (Phi) is 6.73. The normalized spacial score (nSPS) is 13.6. The van der Waals surface area contributed by atoms with Crippen LogP contribution in [0, 0.1) is 5.82 Å². The van der Waals surface area contributed by atoms with E-state index < -0.39 is 15.8 Å². The van der Waals surface area contributed by atoms with Gasteiger partial charge in [0, 0.05) is 26.2 Å². The molecule has 0 aliphatic heterocycles. The molecule has 0 aliphatic carbocycles. The van der Waals surface area contributed by atoms with E-state index in [1.165, 1.54) is 19.2 Å². The Balaban J connectivity index is 2.83. The topological polar surface area (TPSA) is 67.4 Å². The molecule has 0 bridgehead atoms. The van der Waals surface area contributed by atoms with E-state index in [0.29, 0.717) is 12.1 Å². The molecule has 1 atom stereocenters. The van der Waals surface area contributed by atoms with Crippen molar-refractivity contribution in [1.29, 1.82) is 0 Å². The molecule has 0 aromatic heterocycles. The minimum absolute atomic E-state index is 0.0922. The number of rotatable bonds is 8. The van der Waals surface area contributed by atoms with Gasteiger partial charge in [-0.15, -0.1) is 0 Å². The highest BCUT2D eigenvalue weighted by Gasteiger charge is 2.19. The van der Waals surface area contributed by atoms with Gasteiger partial charge < -0.3 is 10.1 Å². The summed E-state index contributed by atoms with van der Waals surface area (Å²) in [6.45, 7) is 6.27. The van der Waals surface area contributed by atoms with E-state index in [-0.39, 0.29) is 23.6 Å². The average molecular weight is 318 g/mol. The van der Waals surface area contributed by atoms with Crippen molar-refractivity contribution >= 4 is 10.0 Å². The second-order valence-corrected chi connectivity index (χ2v) is 6.93. The Morgan fingerprint density at radius 3 is 2.48 bits per heavy atom. The molecule has 5 nitrogen and oxygen atoms in total. The highest BCUT2D eigenvalue weighted by molar-refractivity contribution is 7.89. The van der Waals surface area contributed by atoms with Crippen LogP contribution in [0.1, 0.15) is 26.3 Å². The van der Waals surface area contributed by atoms with Crippen LogP contribution in [0.25, 0.3) is 0 Å². The molecule has 1 rings (SSSR count). The second-order valence-electron chi connectivity index (χ2n) is 5.20. The molecule has 1 aromatic carbocycles. The van der Waals surface area contributed by atoms with Crippen molar-refractivity contribution in [3.8, 4) is 0 Å². The lowest BCUT2D eigenvalue weighted by Crippen LogP contribution is -2.32. The Morgan fingerprint density at radius 2 is 1.95 bits per heavy atom. The minimum Gasteiger partial charge on any atom is -0.380 e. The maximum atomic E-state index is 14.0. The fourth-order valence-electron chi connectivity index (χ4n) is 1.58. The first-order valence-electron chi connectivity index (χ1n) is 6.80. The van der Waals surface area contributed by atoms with E-state index in [1.54, 1.807) is 13.0 Å². The second kappa shape index (κ2) is 7.84. The summed E-state index contributed by atoms with van der Waals surface area (Å²) in [5, 5.41) is 3.15. The summed E-state index contributed by atoms with van der Waals surface area (Å²) in [5.41, 5.74) is 0.699. The van der Waals surface area contributed by atoms with E-state index >= 15 is 0 Å². The Labute approximate surface area is 125 Å². The molecule has 7 heteroatoms. The maximum absolute atomic E-state index is 14.0. The predicted octanol–water partition coefficient (Wildman–Crippen LogP) is 1.64. The number of ether oxygens (including phenoxy) is 1. The van der Waals surface area contributed by atoms with Gasteiger partial charge in [0.2, 0.25) is 10.0 Å². The van der Waals surface area contributed by atoms with Crippen molar-refractivity contribution in [3.05, 3.63) is 29.6 Å². The van der Waals surface area contributed by atoms with Crippen LogP contribution in [0.15, 0.2) is 23.1 Å². The zero-order valence-electron chi connectivity index (χ0n) is 12.8. The van der Waals surface area contributed by atoms with Crippen LogP contribution in [0.3, 0.4) is 0 Å². The Hall–Kier alpha value is -1.02. The van der Waals surface area contributed by atoms with Gasteiger partial charge in [-0.05, 0) is 24.6 Å². The summed E-state index contributed by atoms with van der Waals surface area (Å²) in [4.78, 5) is -0.348. The monoisotopic (exact) mass is 318 g/mol. The summed E-state index contributed by atoms with van der Waals surface area (Å²) in [5.74, 6) is -0.754. The van der Waals surface area contributed by atoms with Crippen LogP contribution in [-0.2, 0) is 21.3 Å². The van der Waals surface area contributed by atoms with Crippen LogP contribution < -0.4 is 10.0 Å². The highest BCUT2D eigenvalue weighted by Crippen LogP contribution is 2.16. The lowest BCUT2D eigenvalue weighted by molar-refractivity contribution is 0.122. The van der Waals surface area contributed by atoms with Crippen molar-refractivity contribution < 1.29 is 17.5 Å². The maximum Gasteiger partial charge on any atom is 0.243 e. The molecular formula is C14H23FN2O3S. The number of nitrogens with one attached hydrogen (secondary N) is 2. The van der Waals surface area contributed by atoms with Crippen LogP contribution >= 0.6 is 0 Å². The third-order valence-electron chi connectivity index (χ3n) is 2.96. The summed E-state index contributed by atoms with van der Waals surface area (Å²) >= 11 is 0. The van der Waals surface area contributed by atoms with Gasteiger partial charge in [0.15, 0.2) is 0 Å². The first-order valence-corrected chi connectivity index (χ1v) is 8.29. The summed E-state index contributed by atoms with van der Waals surface area (Å²) in [7, 11) is -2.39. The zero-order valence-corrected chi connectivity index (χ0v) is 13.6. The summed E-state index contributed by atoms with van der Waals surface area (Å²) < 4.78 is 45.3. The van der Waals surface area contributed by atoms with Crippen LogP contribution in [0.4, 0.5) is 4.39 Å². The molecule has 0 saturated heterocycles. The van der Waals surface area contributed by atoms with E-state index in [0.717, 1.165) is 0 Å². The molecule has 1 unspecified atom stereocenters. The molecule has 0 aliphatic rings. The van der Waals surface area contributed by atoms with E-state index in [9.17, 15) is 12.8 Å². The predicted molar refractivity (Wildman–Crippen MR) is 80.0 cm³/mol. The van der Waals surface area contributed by atoms with Gasteiger partial charge >= 0.3 is 0 Å². The van der Waals surface area contributed by atoms with Crippen LogP contribution in [-0.4, -0.2) is 34.2 Å². The summed E-state index contributed by atoms with van der Waals surface area (Å²) in [6.07, 6.45) is -0.280. The molecule has 0 heterocycles. The molecule has 0 radical (unpaired) electrons. The van der Waals surface area contributed by atoms with Gasteiger partial charge in [0.1, 0.15) is 10.7 Å². The van der Waals surface area contributed by atoms with E-state index in [2.05, 4.69) is 10.0 Å². The molecule has 0 saturated carbocycles. The van der Waals surface area contributed by atoms with E-state index in [4.69, 9.17) is 4.74 Å². The number of methoxy groups -OCH3 is 1. The largest absolute Gasteiger partial charge is 0.380 e. The van der Waals surface area contributed by atoms with Crippen molar-refractivity contribution in [2.75, 3.05) is 13.7 Å². The average Bonchev–Trinajstić information content (AvgIpc) is 2.42. The number of sulfonamides is 1. The van der Waals surface area contributed by atoms with Gasteiger partial charge in [0.25, 0.3) is 0 Å². The third kappa shape index (κ3) is 5.70. The molecule has 1 aromatic rings. The third-order valence-corrected chi connectivity index (χ3v) is 4.42. The van der Waals surface area contributed by atoms with E-state index in [1.807, 2.05) is 13.8 Å². The Morgan fingerprint density at radius 1 is 1.29 bits per heavy atom. The number of hydrogen-bond donors (Lipinski definition) is 2. The fourth-order valence-corrected chi connectivity index (χ4v) is 2.75. The van der Waals surface area contributed by atoms with Gasteiger partial charge in [-0.1, -0.05) is 19.9 Å². The van der Waals surface area contributed by atoms with Crippen molar-refractivity contribution in [2.24, 2.45) is 0 Å². The quantitative estimate of drug-likeness (QED) is 0.764. The van der Waals surface area contributed by atoms with Gasteiger partial charge in [0.05, 0.1) is 6.10 Å². The molecule has 21 heavy (non-hydrogen) atoms. The molecule has 0 spiro atoms. The first kappa shape index (κ1) is 18.0. The van der Waals surface area contributed by atoms with Crippen LogP contribution in [0.2, 0.25) is 0 Å². The molecule has 0 fully saturated rings. The SMILES string of the molecule is COC(C)CNS(=O)(=O)c1ccc(CNC(C)C)cc1F. The zero-order chi connectivity index (χ0) is 16.0. The lowest BCUT2D eigenvalue weighted by Gasteiger charge is -2.13. The molecule has 0 amide bonds. The number of hydrogen-bond acceptors (Lipinski definition) is 4. The smallest absolute Gasteiger partial charge is 0.243 e. The van der Waals surface area contributed by atoms with Crippen molar-refractivity contribution in [2.45, 2.75) is 44.4 Å². The lowest BCUT2D eigenvalue weighted by atomic mass is 10.2. The fraction of sp³-hybridized carbons (Fsp3) is 0.571. The van der Waals surface area contributed by atoms with Gasteiger partial charge in [-0.3, -0.25) is 0 Å². The highest BCUT2D eigenvalue weighted by atomic mass is 32.2. The standard InChI is InChI=1S/C14H23FN2O3S/c1-10(2)16-9-12-5-6-14(13(15)7-12)21(18,19)17-8-11(3)20-4/h5-7,10-11,16-17H,8-9H2,1-4H3.